The van der Waals surface area contributed by atoms with Gasteiger partial charge in [0.2, 0.25) is 0 Å². The Labute approximate surface area is 173 Å². The second kappa shape index (κ2) is 8.96. The number of rotatable bonds is 8. The smallest absolute Gasteiger partial charge is 0.153 e. The zero-order valence-corrected chi connectivity index (χ0v) is 16.0. The molecule has 148 valence electrons. The third-order valence-electron chi connectivity index (χ3n) is 4.55. The first kappa shape index (κ1) is 19.3. The van der Waals surface area contributed by atoms with E-state index >= 15 is 0 Å². The van der Waals surface area contributed by atoms with E-state index in [9.17, 15) is 9.59 Å². The van der Waals surface area contributed by atoms with Crippen molar-refractivity contribution in [2.45, 2.75) is 13.2 Å². The molecule has 0 radical (unpaired) electrons. The molecule has 0 aliphatic heterocycles. The lowest BCUT2D eigenvalue weighted by molar-refractivity contribution is 0.111. The van der Waals surface area contributed by atoms with Crippen LogP contribution in [0.1, 0.15) is 32.1 Å². The maximum Gasteiger partial charge on any atom is 0.153 e. The van der Waals surface area contributed by atoms with Crippen molar-refractivity contribution in [3.05, 3.63) is 95.3 Å². The van der Waals surface area contributed by atoms with Crippen molar-refractivity contribution in [3.8, 4) is 11.5 Å². The summed E-state index contributed by atoms with van der Waals surface area (Å²) in [5, 5.41) is 0. The highest BCUT2D eigenvalue weighted by Gasteiger charge is 2.13. The number of hydrogen-bond acceptors (Lipinski definition) is 6. The van der Waals surface area contributed by atoms with Gasteiger partial charge in [0, 0.05) is 0 Å². The van der Waals surface area contributed by atoms with Crippen LogP contribution >= 0.6 is 0 Å². The van der Waals surface area contributed by atoms with E-state index in [1.54, 1.807) is 48.5 Å². The lowest BCUT2D eigenvalue weighted by Gasteiger charge is -2.13. The lowest BCUT2D eigenvalue weighted by Crippen LogP contribution is -2.10. The molecule has 4 aromatic rings. The topological polar surface area (TPSA) is 78.4 Å². The molecule has 0 saturated heterocycles. The van der Waals surface area contributed by atoms with Gasteiger partial charge in [-0.05, 0) is 36.4 Å². The molecule has 0 spiro atoms. The van der Waals surface area contributed by atoms with E-state index in [-0.39, 0.29) is 13.2 Å². The molecule has 1 heterocycles. The van der Waals surface area contributed by atoms with Crippen LogP contribution in [0.3, 0.4) is 0 Å². The molecule has 1 aromatic heterocycles. The Bertz CT molecular complexity index is 1110. The van der Waals surface area contributed by atoms with Crippen LogP contribution < -0.4 is 9.47 Å². The van der Waals surface area contributed by atoms with Gasteiger partial charge in [-0.15, -0.1) is 0 Å². The van der Waals surface area contributed by atoms with E-state index in [4.69, 9.17) is 9.47 Å². The number of aldehydes is 2. The predicted molar refractivity (Wildman–Crippen MR) is 112 cm³/mol. The summed E-state index contributed by atoms with van der Waals surface area (Å²) in [4.78, 5) is 31.8. The zero-order valence-electron chi connectivity index (χ0n) is 16.0. The number of para-hydroxylation sites is 4. The van der Waals surface area contributed by atoms with Crippen LogP contribution in [0.25, 0.3) is 11.0 Å². The van der Waals surface area contributed by atoms with E-state index in [1.165, 1.54) is 0 Å². The molecule has 0 N–H and O–H groups in total. The number of carbonyl (C=O) groups excluding carboxylic acids is 2. The van der Waals surface area contributed by atoms with Gasteiger partial charge in [0.15, 0.2) is 12.6 Å². The average Bonchev–Trinajstić information content (AvgIpc) is 2.81. The number of nitrogens with zero attached hydrogens (tertiary/aromatic N) is 2. The molecule has 0 aliphatic carbocycles. The molecule has 0 aliphatic rings. The summed E-state index contributed by atoms with van der Waals surface area (Å²) in [5.41, 5.74) is 3.58. The number of benzene rings is 3. The Balaban J connectivity index is 1.63. The molecule has 6 nitrogen and oxygen atoms in total. The van der Waals surface area contributed by atoms with Crippen LogP contribution in [-0.2, 0) is 13.2 Å². The standard InChI is InChI=1S/C24H18N2O4/c27-13-17-7-1-5-11-23(17)29-15-21-22(26-20-10-4-3-9-19(20)25-21)16-30-24-12-6-2-8-18(24)14-28/h1-14H,15-16H2. The molecule has 30 heavy (non-hydrogen) atoms. The maximum atomic E-state index is 11.2. The summed E-state index contributed by atoms with van der Waals surface area (Å²) < 4.78 is 11.7. The Morgan fingerprint density at radius 2 is 1.00 bits per heavy atom. The second-order valence-corrected chi connectivity index (χ2v) is 6.49. The molecule has 0 atom stereocenters. The Kier molecular flexibility index (Phi) is 5.75. The fraction of sp³-hybridized carbons (Fsp3) is 0.0833. The lowest BCUT2D eigenvalue weighted by atomic mass is 10.2. The summed E-state index contributed by atoms with van der Waals surface area (Å²) in [6.45, 7) is 0.243. The molecule has 6 heteroatoms. The van der Waals surface area contributed by atoms with E-state index in [0.717, 1.165) is 23.6 Å². The summed E-state index contributed by atoms with van der Waals surface area (Å²) in [6.07, 6.45) is 1.50. The fourth-order valence-corrected chi connectivity index (χ4v) is 3.02. The molecule has 0 unspecified atom stereocenters. The van der Waals surface area contributed by atoms with Crippen molar-refractivity contribution in [3.63, 3.8) is 0 Å². The van der Waals surface area contributed by atoms with Gasteiger partial charge in [0.05, 0.1) is 22.2 Å². The first-order chi connectivity index (χ1) is 14.8. The SMILES string of the molecule is O=Cc1ccccc1OCc1nc2ccccc2nc1COc1ccccc1C=O. The number of fused-ring (bicyclic) bond motifs is 1. The first-order valence-corrected chi connectivity index (χ1v) is 9.37. The quantitative estimate of drug-likeness (QED) is 0.409. The van der Waals surface area contributed by atoms with Crippen molar-refractivity contribution in [2.75, 3.05) is 0 Å². The van der Waals surface area contributed by atoms with Gasteiger partial charge in [-0.3, -0.25) is 9.59 Å². The van der Waals surface area contributed by atoms with Gasteiger partial charge >= 0.3 is 0 Å². The number of carbonyl (C=O) groups is 2. The van der Waals surface area contributed by atoms with Gasteiger partial charge in [-0.2, -0.15) is 0 Å². The monoisotopic (exact) mass is 398 g/mol. The van der Waals surface area contributed by atoms with E-state index in [1.807, 2.05) is 24.3 Å². The second-order valence-electron chi connectivity index (χ2n) is 6.49. The van der Waals surface area contributed by atoms with Crippen LogP contribution in [0.4, 0.5) is 0 Å². The summed E-state index contributed by atoms with van der Waals surface area (Å²) >= 11 is 0. The van der Waals surface area contributed by atoms with Crippen molar-refractivity contribution in [1.82, 2.24) is 9.97 Å². The van der Waals surface area contributed by atoms with E-state index in [0.29, 0.717) is 34.0 Å². The first-order valence-electron chi connectivity index (χ1n) is 9.37. The van der Waals surface area contributed by atoms with Gasteiger partial charge in [0.25, 0.3) is 0 Å². The average molecular weight is 398 g/mol. The van der Waals surface area contributed by atoms with Crippen molar-refractivity contribution in [2.24, 2.45) is 0 Å². The molecule has 3 aromatic carbocycles. The molecule has 4 rings (SSSR count). The van der Waals surface area contributed by atoms with Gasteiger partial charge in [-0.25, -0.2) is 9.97 Å². The number of ether oxygens (including phenoxy) is 2. The van der Waals surface area contributed by atoms with Crippen LogP contribution in [0.2, 0.25) is 0 Å². The van der Waals surface area contributed by atoms with Crippen LogP contribution in [0, 0.1) is 0 Å². The van der Waals surface area contributed by atoms with Gasteiger partial charge < -0.3 is 9.47 Å². The minimum atomic E-state index is 0.122. The highest BCUT2D eigenvalue weighted by atomic mass is 16.5. The maximum absolute atomic E-state index is 11.2. The van der Waals surface area contributed by atoms with Crippen molar-refractivity contribution in [1.29, 1.82) is 0 Å². The third kappa shape index (κ3) is 4.17. The minimum absolute atomic E-state index is 0.122. The van der Waals surface area contributed by atoms with Crippen molar-refractivity contribution < 1.29 is 19.1 Å². The summed E-state index contributed by atoms with van der Waals surface area (Å²) in [6, 6.07) is 21.5. The molecule has 0 bridgehead atoms. The van der Waals surface area contributed by atoms with Crippen LogP contribution in [0.5, 0.6) is 11.5 Å². The minimum Gasteiger partial charge on any atom is -0.486 e. The highest BCUT2D eigenvalue weighted by Crippen LogP contribution is 2.21. The normalized spacial score (nSPS) is 10.5. The predicted octanol–water partition coefficient (Wildman–Crippen LogP) is 4.41. The molecular formula is C24H18N2O4. The fourth-order valence-electron chi connectivity index (χ4n) is 3.02. The highest BCUT2D eigenvalue weighted by molar-refractivity contribution is 5.79. The largest absolute Gasteiger partial charge is 0.486 e. The van der Waals surface area contributed by atoms with Gasteiger partial charge in [-0.1, -0.05) is 36.4 Å². The molecule has 0 fully saturated rings. The van der Waals surface area contributed by atoms with Crippen LogP contribution in [0.15, 0.2) is 72.8 Å². The van der Waals surface area contributed by atoms with Crippen molar-refractivity contribution >= 4 is 23.6 Å². The van der Waals surface area contributed by atoms with Crippen LogP contribution in [-0.4, -0.2) is 22.5 Å². The van der Waals surface area contributed by atoms with E-state index in [2.05, 4.69) is 9.97 Å². The Morgan fingerprint density at radius 3 is 1.43 bits per heavy atom. The zero-order chi connectivity index (χ0) is 20.8. The molecule has 0 amide bonds. The summed E-state index contributed by atoms with van der Waals surface area (Å²) in [5.74, 6) is 0.946. The number of aromatic nitrogens is 2. The molecule has 0 saturated carbocycles. The number of hydrogen-bond donors (Lipinski definition) is 0. The summed E-state index contributed by atoms with van der Waals surface area (Å²) in [7, 11) is 0. The van der Waals surface area contributed by atoms with E-state index < -0.39 is 0 Å². The van der Waals surface area contributed by atoms with Gasteiger partial charge in [0.1, 0.15) is 36.1 Å². The Hall–Kier alpha value is -4.06. The Morgan fingerprint density at radius 1 is 0.600 bits per heavy atom. The molecular weight excluding hydrogens is 380 g/mol. The third-order valence-corrected chi connectivity index (χ3v) is 4.55.